The van der Waals surface area contributed by atoms with Crippen molar-refractivity contribution in [2.24, 2.45) is 0 Å². The van der Waals surface area contributed by atoms with Gasteiger partial charge in [-0.05, 0) is 25.5 Å². The van der Waals surface area contributed by atoms with E-state index in [9.17, 15) is 14.0 Å². The number of rotatable bonds is 7. The first-order valence-corrected chi connectivity index (χ1v) is 6.39. The molecule has 1 aromatic rings. The van der Waals surface area contributed by atoms with Crippen molar-refractivity contribution in [2.75, 3.05) is 0 Å². The topological polar surface area (TPSA) is 75.6 Å². The molecular formula is C14H18FNO4. The molecule has 5 nitrogen and oxygen atoms in total. The fraction of sp³-hybridized carbons (Fsp3) is 0.429. The highest BCUT2D eigenvalue weighted by atomic mass is 19.1. The van der Waals surface area contributed by atoms with Gasteiger partial charge in [-0.15, -0.1) is 0 Å². The molecule has 0 aliphatic rings. The molecule has 1 rings (SSSR count). The minimum atomic E-state index is -1.09. The Labute approximate surface area is 116 Å². The van der Waals surface area contributed by atoms with Crippen molar-refractivity contribution in [3.05, 3.63) is 30.1 Å². The van der Waals surface area contributed by atoms with E-state index in [1.165, 1.54) is 25.1 Å². The Morgan fingerprint density at radius 2 is 2.15 bits per heavy atom. The molecule has 2 atom stereocenters. The maximum atomic E-state index is 13.0. The van der Waals surface area contributed by atoms with E-state index in [1.807, 2.05) is 6.92 Å². The van der Waals surface area contributed by atoms with E-state index < -0.39 is 29.8 Å². The normalized spacial score (nSPS) is 13.3. The van der Waals surface area contributed by atoms with Crippen molar-refractivity contribution in [1.29, 1.82) is 0 Å². The van der Waals surface area contributed by atoms with Gasteiger partial charge in [-0.2, -0.15) is 0 Å². The van der Waals surface area contributed by atoms with Crippen LogP contribution in [0.15, 0.2) is 24.3 Å². The highest BCUT2D eigenvalue weighted by molar-refractivity contribution is 5.86. The van der Waals surface area contributed by atoms with Gasteiger partial charge in [0.25, 0.3) is 5.91 Å². The second-order valence-corrected chi connectivity index (χ2v) is 4.41. The quantitative estimate of drug-likeness (QED) is 0.802. The third-order valence-corrected chi connectivity index (χ3v) is 2.67. The standard InChI is InChI=1S/C14H18FNO4/c1-3-5-12(14(18)19)16-13(17)9(2)20-11-7-4-6-10(15)8-11/h4,6-9,12H,3,5H2,1-2H3,(H,16,17)(H,18,19). The molecule has 6 heteroatoms. The smallest absolute Gasteiger partial charge is 0.326 e. The fourth-order valence-corrected chi connectivity index (χ4v) is 1.63. The van der Waals surface area contributed by atoms with Crippen LogP contribution in [0.2, 0.25) is 0 Å². The average molecular weight is 283 g/mol. The number of amides is 1. The number of hydrogen-bond donors (Lipinski definition) is 2. The molecule has 0 radical (unpaired) electrons. The highest BCUT2D eigenvalue weighted by Gasteiger charge is 2.23. The molecule has 1 aromatic carbocycles. The number of benzene rings is 1. The molecule has 0 aromatic heterocycles. The largest absolute Gasteiger partial charge is 0.481 e. The van der Waals surface area contributed by atoms with Gasteiger partial charge >= 0.3 is 5.97 Å². The Morgan fingerprint density at radius 3 is 2.70 bits per heavy atom. The first kappa shape index (κ1) is 15.9. The zero-order chi connectivity index (χ0) is 15.1. The van der Waals surface area contributed by atoms with Gasteiger partial charge in [0, 0.05) is 6.07 Å². The Morgan fingerprint density at radius 1 is 1.45 bits per heavy atom. The first-order valence-electron chi connectivity index (χ1n) is 6.39. The minimum Gasteiger partial charge on any atom is -0.481 e. The molecule has 0 aliphatic carbocycles. The zero-order valence-corrected chi connectivity index (χ0v) is 11.4. The van der Waals surface area contributed by atoms with Gasteiger partial charge < -0.3 is 15.2 Å². The molecule has 20 heavy (non-hydrogen) atoms. The van der Waals surface area contributed by atoms with E-state index in [0.29, 0.717) is 12.8 Å². The van der Waals surface area contributed by atoms with Crippen LogP contribution in [0.25, 0.3) is 0 Å². The lowest BCUT2D eigenvalue weighted by atomic mass is 10.1. The molecular weight excluding hydrogens is 265 g/mol. The Kier molecular flexibility index (Phi) is 5.96. The molecule has 110 valence electrons. The third-order valence-electron chi connectivity index (χ3n) is 2.67. The van der Waals surface area contributed by atoms with Gasteiger partial charge in [-0.3, -0.25) is 4.79 Å². The molecule has 0 aliphatic heterocycles. The monoisotopic (exact) mass is 283 g/mol. The van der Waals surface area contributed by atoms with E-state index in [4.69, 9.17) is 9.84 Å². The number of aliphatic carboxylic acids is 1. The van der Waals surface area contributed by atoms with E-state index in [-0.39, 0.29) is 5.75 Å². The maximum absolute atomic E-state index is 13.0. The van der Waals surface area contributed by atoms with Crippen LogP contribution in [-0.2, 0) is 9.59 Å². The molecule has 0 heterocycles. The predicted octanol–water partition coefficient (Wildman–Crippen LogP) is 1.96. The molecule has 0 bridgehead atoms. The molecule has 0 saturated heterocycles. The zero-order valence-electron chi connectivity index (χ0n) is 11.4. The second-order valence-electron chi connectivity index (χ2n) is 4.41. The Hall–Kier alpha value is -2.11. The summed E-state index contributed by atoms with van der Waals surface area (Å²) >= 11 is 0. The first-order chi connectivity index (χ1) is 9.43. The number of carbonyl (C=O) groups excluding carboxylic acids is 1. The van der Waals surface area contributed by atoms with Crippen LogP contribution >= 0.6 is 0 Å². The van der Waals surface area contributed by atoms with Crippen LogP contribution < -0.4 is 10.1 Å². The lowest BCUT2D eigenvalue weighted by molar-refractivity contribution is -0.143. The number of ether oxygens (including phenoxy) is 1. The van der Waals surface area contributed by atoms with Crippen LogP contribution in [0.3, 0.4) is 0 Å². The summed E-state index contributed by atoms with van der Waals surface area (Å²) < 4.78 is 18.2. The van der Waals surface area contributed by atoms with Gasteiger partial charge in [-0.25, -0.2) is 9.18 Å². The minimum absolute atomic E-state index is 0.218. The van der Waals surface area contributed by atoms with Crippen molar-refractivity contribution < 1.29 is 23.8 Å². The SMILES string of the molecule is CCCC(NC(=O)C(C)Oc1cccc(F)c1)C(=O)O. The molecule has 1 amide bonds. The summed E-state index contributed by atoms with van der Waals surface area (Å²) in [6.45, 7) is 3.31. The van der Waals surface area contributed by atoms with Crippen molar-refractivity contribution in [1.82, 2.24) is 5.32 Å². The fourth-order valence-electron chi connectivity index (χ4n) is 1.63. The van der Waals surface area contributed by atoms with Crippen LogP contribution in [0.4, 0.5) is 4.39 Å². The van der Waals surface area contributed by atoms with Crippen LogP contribution in [0.5, 0.6) is 5.75 Å². The summed E-state index contributed by atoms with van der Waals surface area (Å²) in [6, 6.07) is 4.47. The summed E-state index contributed by atoms with van der Waals surface area (Å²) in [4.78, 5) is 22.8. The number of carboxylic acids is 1. The summed E-state index contributed by atoms with van der Waals surface area (Å²) in [6.07, 6.45) is 0.0694. The van der Waals surface area contributed by atoms with E-state index >= 15 is 0 Å². The van der Waals surface area contributed by atoms with Gasteiger partial charge in [-0.1, -0.05) is 19.4 Å². The highest BCUT2D eigenvalue weighted by Crippen LogP contribution is 2.14. The number of nitrogens with one attached hydrogen (secondary N) is 1. The lowest BCUT2D eigenvalue weighted by Crippen LogP contribution is -2.46. The molecule has 0 spiro atoms. The third kappa shape index (κ3) is 4.87. The van der Waals surface area contributed by atoms with Gasteiger partial charge in [0.1, 0.15) is 17.6 Å². The molecule has 0 fully saturated rings. The second kappa shape index (κ2) is 7.47. The summed E-state index contributed by atoms with van der Waals surface area (Å²) in [5.41, 5.74) is 0. The van der Waals surface area contributed by atoms with Crippen LogP contribution in [0, 0.1) is 5.82 Å². The van der Waals surface area contributed by atoms with E-state index in [0.717, 1.165) is 6.07 Å². The van der Waals surface area contributed by atoms with E-state index in [2.05, 4.69) is 5.32 Å². The summed E-state index contributed by atoms with van der Waals surface area (Å²) in [7, 11) is 0. The molecule has 2 unspecified atom stereocenters. The van der Waals surface area contributed by atoms with Crippen LogP contribution in [-0.4, -0.2) is 29.1 Å². The number of carboxylic acid groups (broad SMARTS) is 1. The number of carbonyl (C=O) groups is 2. The lowest BCUT2D eigenvalue weighted by Gasteiger charge is -2.18. The summed E-state index contributed by atoms with van der Waals surface area (Å²) in [5.74, 6) is -1.88. The van der Waals surface area contributed by atoms with Crippen molar-refractivity contribution >= 4 is 11.9 Å². The van der Waals surface area contributed by atoms with Crippen LogP contribution in [0.1, 0.15) is 26.7 Å². The van der Waals surface area contributed by atoms with Gasteiger partial charge in [0.05, 0.1) is 0 Å². The van der Waals surface area contributed by atoms with Crippen molar-refractivity contribution in [2.45, 2.75) is 38.8 Å². The van der Waals surface area contributed by atoms with Crippen molar-refractivity contribution in [3.63, 3.8) is 0 Å². The van der Waals surface area contributed by atoms with E-state index in [1.54, 1.807) is 0 Å². The maximum Gasteiger partial charge on any atom is 0.326 e. The van der Waals surface area contributed by atoms with Gasteiger partial charge in [0.15, 0.2) is 6.10 Å². The molecule has 0 saturated carbocycles. The number of hydrogen-bond acceptors (Lipinski definition) is 3. The number of halogens is 1. The Balaban J connectivity index is 2.60. The Bertz CT molecular complexity index is 478. The summed E-state index contributed by atoms with van der Waals surface area (Å²) in [5, 5.41) is 11.4. The average Bonchev–Trinajstić information content (AvgIpc) is 2.37. The van der Waals surface area contributed by atoms with Crippen molar-refractivity contribution in [3.8, 4) is 5.75 Å². The predicted molar refractivity (Wildman–Crippen MR) is 71.0 cm³/mol. The molecule has 2 N–H and O–H groups in total. The van der Waals surface area contributed by atoms with Gasteiger partial charge in [0.2, 0.25) is 0 Å².